The molecule has 79 valence electrons. The molecule has 0 amide bonds. The Balaban J connectivity index is 0.000000583. The van der Waals surface area contributed by atoms with Gasteiger partial charge in [-0.15, -0.1) is 18.2 Å². The van der Waals surface area contributed by atoms with E-state index in [4.69, 9.17) is 18.6 Å². The largest absolute Gasteiger partial charge is 0.121 e. The van der Waals surface area contributed by atoms with E-state index in [1.807, 2.05) is 25.1 Å². The second kappa shape index (κ2) is 9.76. The molecule has 2 heteroatoms. The van der Waals surface area contributed by atoms with Gasteiger partial charge in [-0.3, -0.25) is 0 Å². The molecule has 0 unspecified atom stereocenters. The first-order chi connectivity index (χ1) is 7.24. The fourth-order valence-electron chi connectivity index (χ4n) is 0.765. The maximum absolute atomic E-state index is 5.12. The first-order valence-electron chi connectivity index (χ1n) is 4.71. The van der Waals surface area contributed by atoms with Crippen molar-refractivity contribution in [2.75, 3.05) is 0 Å². The molecule has 0 aliphatic carbocycles. The van der Waals surface area contributed by atoms with E-state index >= 15 is 0 Å². The van der Waals surface area contributed by atoms with Crippen LogP contribution in [0.5, 0.6) is 0 Å². The Kier molecular flexibility index (Phi) is 9.26. The normalized spacial score (nSPS) is 8.33. The first-order valence-corrected chi connectivity index (χ1v) is 6.10. The number of benzene rings is 1. The predicted molar refractivity (Wildman–Crippen MR) is 74.8 cm³/mol. The Morgan fingerprint density at radius 1 is 1.47 bits per heavy atom. The van der Waals surface area contributed by atoms with Crippen LogP contribution in [-0.4, -0.2) is 4.20 Å². The van der Waals surface area contributed by atoms with E-state index in [0.717, 1.165) is 12.2 Å². The summed E-state index contributed by atoms with van der Waals surface area (Å²) in [6.45, 7) is 5.50. The zero-order chi connectivity index (χ0) is 11.5. The van der Waals surface area contributed by atoms with E-state index in [1.54, 1.807) is 0 Å². The molecule has 0 atom stereocenters. The summed E-state index contributed by atoms with van der Waals surface area (Å²) in [5.41, 5.74) is 1.25. The summed E-state index contributed by atoms with van der Waals surface area (Å²) in [5, 5.41) is 0. The first kappa shape index (κ1) is 14.2. The lowest BCUT2D eigenvalue weighted by molar-refractivity contribution is 1.23. The lowest BCUT2D eigenvalue weighted by Crippen LogP contribution is -1.84. The minimum Gasteiger partial charge on any atom is -0.113 e. The highest BCUT2D eigenvalue weighted by Gasteiger charge is 1.93. The van der Waals surface area contributed by atoms with Gasteiger partial charge in [0.15, 0.2) is 0 Å². The third-order valence-electron chi connectivity index (χ3n) is 1.33. The van der Waals surface area contributed by atoms with Gasteiger partial charge < -0.3 is 0 Å². The molecule has 1 aromatic carbocycles. The van der Waals surface area contributed by atoms with Gasteiger partial charge in [-0.25, -0.2) is 0 Å². The third kappa shape index (κ3) is 8.23. The van der Waals surface area contributed by atoms with Crippen LogP contribution in [-0.2, 0) is 5.75 Å². The smallest absolute Gasteiger partial charge is 0.113 e. The summed E-state index contributed by atoms with van der Waals surface area (Å²) in [6.07, 6.45) is 6.12. The average molecular weight is 235 g/mol. The van der Waals surface area contributed by atoms with Gasteiger partial charge in [-0.05, 0) is 5.56 Å². The monoisotopic (exact) mass is 235 g/mol. The van der Waals surface area contributed by atoms with Gasteiger partial charge >= 0.3 is 0 Å². The van der Waals surface area contributed by atoms with Crippen molar-refractivity contribution in [3.8, 4) is 12.3 Å². The van der Waals surface area contributed by atoms with Crippen LogP contribution >= 0.6 is 24.0 Å². The Hall–Kier alpha value is -0.780. The van der Waals surface area contributed by atoms with E-state index < -0.39 is 0 Å². The van der Waals surface area contributed by atoms with Crippen molar-refractivity contribution in [2.45, 2.75) is 19.1 Å². The van der Waals surface area contributed by atoms with Crippen LogP contribution in [0.1, 0.15) is 18.9 Å². The zero-order valence-corrected chi connectivity index (χ0v) is 10.5. The lowest BCUT2D eigenvalue weighted by atomic mass is 10.2. The van der Waals surface area contributed by atoms with Crippen molar-refractivity contribution in [1.29, 1.82) is 0 Å². The minimum atomic E-state index is 0.624. The fourth-order valence-corrected chi connectivity index (χ4v) is 1.52. The van der Waals surface area contributed by atoms with Crippen LogP contribution in [0.4, 0.5) is 0 Å². The molecule has 1 radical (unpaired) electrons. The van der Waals surface area contributed by atoms with Crippen molar-refractivity contribution in [1.82, 2.24) is 0 Å². The molecule has 0 bridgehead atoms. The highest BCUT2D eigenvalue weighted by atomic mass is 32.2. The van der Waals surface area contributed by atoms with Crippen molar-refractivity contribution in [3.63, 3.8) is 0 Å². The SMILES string of the molecule is C#CC(=S)SCc1ccccc1.[CH2]CC. The van der Waals surface area contributed by atoms with Crippen molar-refractivity contribution in [3.05, 3.63) is 42.8 Å². The number of hydrogen-bond acceptors (Lipinski definition) is 2. The molecule has 0 aliphatic rings. The molecule has 0 aliphatic heterocycles. The molecule has 15 heavy (non-hydrogen) atoms. The fraction of sp³-hybridized carbons (Fsp3) is 0.231. The molecule has 0 nitrogen and oxygen atoms in total. The van der Waals surface area contributed by atoms with Gasteiger partial charge in [-0.2, -0.15) is 0 Å². The van der Waals surface area contributed by atoms with E-state index in [2.05, 4.69) is 25.0 Å². The number of thiocarbonyl (C=S) groups is 1. The van der Waals surface area contributed by atoms with Gasteiger partial charge in [0.05, 0.1) is 0 Å². The molecule has 0 fully saturated rings. The number of hydrogen-bond donors (Lipinski definition) is 0. The second-order valence-electron chi connectivity index (χ2n) is 2.71. The summed E-state index contributed by atoms with van der Waals surface area (Å²) < 4.78 is 0.624. The number of terminal acetylenes is 1. The summed E-state index contributed by atoms with van der Waals surface area (Å²) in [7, 11) is 0. The summed E-state index contributed by atoms with van der Waals surface area (Å²) in [5.74, 6) is 3.29. The molecule has 0 saturated carbocycles. The Labute approximate surface area is 102 Å². The standard InChI is InChI=1S/C10H8S2.C3H7/c1-2-10(11)12-8-9-6-4-3-5-7-9;1-3-2/h1,3-7H,8H2;1,3H2,2H3. The quantitative estimate of drug-likeness (QED) is 0.559. The van der Waals surface area contributed by atoms with Gasteiger partial charge in [0, 0.05) is 5.75 Å². The van der Waals surface area contributed by atoms with E-state index in [9.17, 15) is 0 Å². The maximum atomic E-state index is 5.12. The lowest BCUT2D eigenvalue weighted by Gasteiger charge is -1.97. The summed E-state index contributed by atoms with van der Waals surface area (Å²) in [4.78, 5) is 0. The molecule has 0 saturated heterocycles. The number of thioether (sulfide) groups is 1. The van der Waals surface area contributed by atoms with E-state index in [1.165, 1.54) is 17.3 Å². The molecule has 0 aromatic heterocycles. The molecule has 1 rings (SSSR count). The highest BCUT2D eigenvalue weighted by molar-refractivity contribution is 8.23. The molecule has 0 heterocycles. The van der Waals surface area contributed by atoms with Crippen molar-refractivity contribution < 1.29 is 0 Å². The molecule has 0 spiro atoms. The zero-order valence-electron chi connectivity index (χ0n) is 8.90. The Bertz CT molecular complexity index is 309. The number of rotatable bonds is 2. The highest BCUT2D eigenvalue weighted by Crippen LogP contribution is 2.12. The van der Waals surface area contributed by atoms with Crippen LogP contribution in [0, 0.1) is 19.3 Å². The maximum Gasteiger partial charge on any atom is 0.121 e. The average Bonchev–Trinajstić information content (AvgIpc) is 2.28. The summed E-state index contributed by atoms with van der Waals surface area (Å²) >= 11 is 6.41. The minimum absolute atomic E-state index is 0.624. The predicted octanol–water partition coefficient (Wildman–Crippen LogP) is 4.11. The Morgan fingerprint density at radius 3 is 2.47 bits per heavy atom. The second-order valence-corrected chi connectivity index (χ2v) is 4.36. The summed E-state index contributed by atoms with van der Waals surface area (Å²) in [6, 6.07) is 10.1. The van der Waals surface area contributed by atoms with Crippen LogP contribution in [0.3, 0.4) is 0 Å². The van der Waals surface area contributed by atoms with Crippen LogP contribution < -0.4 is 0 Å². The molecular weight excluding hydrogens is 220 g/mol. The van der Waals surface area contributed by atoms with E-state index in [0.29, 0.717) is 4.20 Å². The van der Waals surface area contributed by atoms with Gasteiger partial charge in [0.2, 0.25) is 0 Å². The van der Waals surface area contributed by atoms with Crippen molar-refractivity contribution in [2.24, 2.45) is 0 Å². The van der Waals surface area contributed by atoms with Crippen LogP contribution in [0.2, 0.25) is 0 Å². The molecule has 1 aromatic rings. The van der Waals surface area contributed by atoms with Crippen LogP contribution in [0.25, 0.3) is 0 Å². The van der Waals surface area contributed by atoms with Gasteiger partial charge in [0.25, 0.3) is 0 Å². The van der Waals surface area contributed by atoms with Gasteiger partial charge in [-0.1, -0.05) is 68.7 Å². The van der Waals surface area contributed by atoms with Crippen LogP contribution in [0.15, 0.2) is 30.3 Å². The Morgan fingerprint density at radius 2 is 2.00 bits per heavy atom. The third-order valence-corrected chi connectivity index (χ3v) is 2.66. The topological polar surface area (TPSA) is 0 Å². The molecular formula is C13H15S2. The molecule has 0 N–H and O–H groups in total. The van der Waals surface area contributed by atoms with Gasteiger partial charge in [0.1, 0.15) is 4.20 Å². The van der Waals surface area contributed by atoms with E-state index in [-0.39, 0.29) is 0 Å². The van der Waals surface area contributed by atoms with Crippen molar-refractivity contribution >= 4 is 28.2 Å².